The van der Waals surface area contributed by atoms with Crippen LogP contribution in [0.1, 0.15) is 20.3 Å². The second-order valence-electron chi connectivity index (χ2n) is 11.0. The van der Waals surface area contributed by atoms with E-state index < -0.39 is 0 Å². The lowest BCUT2D eigenvalue weighted by Crippen LogP contribution is -2.17. The van der Waals surface area contributed by atoms with Crippen LogP contribution in [0.5, 0.6) is 0 Å². The van der Waals surface area contributed by atoms with Gasteiger partial charge in [0.25, 0.3) is 0 Å². The molecule has 17 heteroatoms. The molecule has 0 spiro atoms. The summed E-state index contributed by atoms with van der Waals surface area (Å²) in [5, 5.41) is 14.9. The summed E-state index contributed by atoms with van der Waals surface area (Å²) in [6, 6.07) is 0. The van der Waals surface area contributed by atoms with Gasteiger partial charge in [-0.2, -0.15) is 5.11 Å². The van der Waals surface area contributed by atoms with Gasteiger partial charge >= 0.3 is 0 Å². The summed E-state index contributed by atoms with van der Waals surface area (Å²) in [5.41, 5.74) is 7.08. The van der Waals surface area contributed by atoms with E-state index >= 15 is 0 Å². The van der Waals surface area contributed by atoms with Gasteiger partial charge in [0.15, 0.2) is 0 Å². The van der Waals surface area contributed by atoms with Crippen molar-refractivity contribution in [2.45, 2.75) is 20.3 Å². The van der Waals surface area contributed by atoms with Crippen molar-refractivity contribution >= 4 is 0 Å². The van der Waals surface area contributed by atoms with Crippen LogP contribution in [0.4, 0.5) is 0 Å². The smallest absolute Gasteiger partial charge is 0.103 e. The van der Waals surface area contributed by atoms with Crippen LogP contribution >= 0.6 is 0 Å². The third-order valence-corrected chi connectivity index (χ3v) is 6.27. The molecule has 17 nitrogen and oxygen atoms in total. The molecule has 51 heavy (non-hydrogen) atoms. The topological polar surface area (TPSA) is 188 Å². The monoisotopic (exact) mass is 743 g/mol. The van der Waals surface area contributed by atoms with Gasteiger partial charge in [-0.05, 0) is 12.3 Å². The number of nitrogens with zero attached hydrogens (tertiary/aromatic N) is 1. The van der Waals surface area contributed by atoms with Crippen molar-refractivity contribution in [2.24, 2.45) is 11.0 Å². The third kappa shape index (κ3) is 44.7. The zero-order chi connectivity index (χ0) is 37.0. The maximum atomic E-state index is 8.86. The van der Waals surface area contributed by atoms with Crippen LogP contribution in [-0.2, 0) is 61.6 Å². The molecular formula is C34H69N3O14. The first-order valence-corrected chi connectivity index (χ1v) is 18.1. The van der Waals surface area contributed by atoms with Crippen molar-refractivity contribution in [1.82, 2.24) is 5.32 Å². The molecule has 0 radical (unpaired) electrons. The summed E-state index contributed by atoms with van der Waals surface area (Å²) in [7, 11) is 0. The molecule has 3 N–H and O–H groups in total. The molecule has 0 aromatic heterocycles. The van der Waals surface area contributed by atoms with Gasteiger partial charge in [0, 0.05) is 19.4 Å². The van der Waals surface area contributed by atoms with Crippen molar-refractivity contribution in [1.29, 1.82) is 5.53 Å². The Morgan fingerprint density at radius 2 is 0.686 bits per heavy atom. The first-order chi connectivity index (χ1) is 25.2. The third-order valence-electron chi connectivity index (χ3n) is 6.27. The molecule has 0 aromatic carbocycles. The Labute approximate surface area is 305 Å². The molecule has 0 saturated heterocycles. The fraction of sp³-hybridized carbons (Fsp3) is 0.941. The quantitative estimate of drug-likeness (QED) is 0.0604. The normalized spacial score (nSPS) is 12.0. The molecule has 0 aliphatic heterocycles. The number of hydrogen-bond acceptors (Lipinski definition) is 17. The van der Waals surface area contributed by atoms with Crippen LogP contribution in [0.2, 0.25) is 0 Å². The molecule has 0 rings (SSSR count). The highest BCUT2D eigenvalue weighted by atomic mass is 16.6. The average molecular weight is 744 g/mol. The second kappa shape index (κ2) is 44.7. The molecule has 0 amide bonds. The van der Waals surface area contributed by atoms with Gasteiger partial charge in [-0.15, -0.1) is 0 Å². The minimum atomic E-state index is -0.274. The predicted molar refractivity (Wildman–Crippen MR) is 188 cm³/mol. The Kier molecular flexibility index (Phi) is 43.5. The lowest BCUT2D eigenvalue weighted by Gasteiger charge is -2.09. The summed E-state index contributed by atoms with van der Waals surface area (Å²) in [4.78, 5) is 0. The lowest BCUT2D eigenvalue weighted by atomic mass is 10.1. The first-order valence-electron chi connectivity index (χ1n) is 18.1. The maximum absolute atomic E-state index is 8.86. The maximum Gasteiger partial charge on any atom is 0.103 e. The summed E-state index contributed by atoms with van der Waals surface area (Å²) in [6.45, 7) is 18.2. The van der Waals surface area contributed by atoms with E-state index in [0.29, 0.717) is 178 Å². The van der Waals surface area contributed by atoms with Crippen molar-refractivity contribution in [3.8, 4) is 0 Å². The molecule has 0 heterocycles. The summed E-state index contributed by atoms with van der Waals surface area (Å²) in [5.74, 6) is 0.663. The highest BCUT2D eigenvalue weighted by Gasteiger charge is 1.98. The standard InChI is InChI=1S/C34H69N3O14/c1-33(2)3-5-39-7-9-41-11-13-43-15-17-45-19-21-47-23-25-49-27-29-51-30-28-50-26-24-48-22-20-46-18-16-44-14-12-42-10-8-40-6-4-36-31-34(32-38)37-35/h31,33,35-36,38H,3-30,32H2,1-2H3/b34-31-,37-35?. The fourth-order valence-electron chi connectivity index (χ4n) is 3.49. The molecule has 0 bridgehead atoms. The van der Waals surface area contributed by atoms with Crippen LogP contribution in [0.25, 0.3) is 0 Å². The van der Waals surface area contributed by atoms with E-state index in [1.165, 1.54) is 6.20 Å². The van der Waals surface area contributed by atoms with Gasteiger partial charge in [-0.1, -0.05) is 13.8 Å². The number of ether oxygens (including phenoxy) is 13. The Hall–Kier alpha value is -1.42. The molecule has 0 fully saturated rings. The zero-order valence-corrected chi connectivity index (χ0v) is 31.4. The van der Waals surface area contributed by atoms with Crippen molar-refractivity contribution in [3.05, 3.63) is 11.9 Å². The van der Waals surface area contributed by atoms with Gasteiger partial charge in [0.1, 0.15) is 5.70 Å². The second-order valence-corrected chi connectivity index (χ2v) is 11.0. The fourth-order valence-corrected chi connectivity index (χ4v) is 3.49. The summed E-state index contributed by atoms with van der Waals surface area (Å²) >= 11 is 0. The molecular weight excluding hydrogens is 674 g/mol. The summed E-state index contributed by atoms with van der Waals surface area (Å²) < 4.78 is 71.1. The van der Waals surface area contributed by atoms with Gasteiger partial charge in [-0.25, -0.2) is 5.53 Å². The molecule has 0 saturated carbocycles. The van der Waals surface area contributed by atoms with Crippen molar-refractivity contribution in [2.75, 3.05) is 185 Å². The van der Waals surface area contributed by atoms with E-state index in [2.05, 4.69) is 24.3 Å². The highest BCUT2D eigenvalue weighted by molar-refractivity contribution is 4.96. The van der Waals surface area contributed by atoms with Crippen LogP contribution < -0.4 is 5.32 Å². The van der Waals surface area contributed by atoms with Crippen LogP contribution in [0.3, 0.4) is 0 Å². The average Bonchev–Trinajstić information content (AvgIpc) is 3.13. The van der Waals surface area contributed by atoms with E-state index in [0.717, 1.165) is 13.0 Å². The Bertz CT molecular complexity index is 713. The largest absolute Gasteiger partial charge is 0.390 e. The van der Waals surface area contributed by atoms with Gasteiger partial charge in [0.2, 0.25) is 0 Å². The molecule has 304 valence electrons. The first kappa shape index (κ1) is 49.6. The van der Waals surface area contributed by atoms with E-state index in [4.69, 9.17) is 72.2 Å². The van der Waals surface area contributed by atoms with Crippen molar-refractivity contribution < 1.29 is 66.7 Å². The number of rotatable bonds is 45. The number of hydrogen-bond donors (Lipinski definition) is 3. The van der Waals surface area contributed by atoms with Gasteiger partial charge in [-0.3, -0.25) is 0 Å². The summed E-state index contributed by atoms with van der Waals surface area (Å²) in [6.07, 6.45) is 2.56. The number of nitrogens with one attached hydrogen (secondary N) is 2. The van der Waals surface area contributed by atoms with E-state index in [-0.39, 0.29) is 12.3 Å². The molecule has 0 aromatic rings. The SMILES string of the molecule is CC(C)CCOCCOCCOCCOCCOCCOCCOCCOCCOCCOCCOCCOCCOCCN/C=C(/CO)N=N. The number of aliphatic hydroxyl groups is 1. The lowest BCUT2D eigenvalue weighted by molar-refractivity contribution is -0.0290. The zero-order valence-electron chi connectivity index (χ0n) is 31.4. The molecule has 0 aliphatic rings. The van der Waals surface area contributed by atoms with Crippen LogP contribution in [0.15, 0.2) is 17.0 Å². The number of aliphatic hydroxyl groups excluding tert-OH is 1. The Morgan fingerprint density at radius 3 is 0.902 bits per heavy atom. The molecule has 0 aliphatic carbocycles. The van der Waals surface area contributed by atoms with E-state index in [1.807, 2.05) is 0 Å². The Morgan fingerprint density at radius 1 is 0.451 bits per heavy atom. The van der Waals surface area contributed by atoms with Crippen LogP contribution in [0, 0.1) is 11.4 Å². The van der Waals surface area contributed by atoms with E-state index in [1.54, 1.807) is 0 Å². The predicted octanol–water partition coefficient (Wildman–Crippen LogP) is 1.70. The molecule has 0 unspecified atom stereocenters. The van der Waals surface area contributed by atoms with E-state index in [9.17, 15) is 0 Å². The highest BCUT2D eigenvalue weighted by Crippen LogP contribution is 1.98. The van der Waals surface area contributed by atoms with Gasteiger partial charge in [0.05, 0.1) is 172 Å². The van der Waals surface area contributed by atoms with Crippen molar-refractivity contribution in [3.63, 3.8) is 0 Å². The minimum Gasteiger partial charge on any atom is -0.390 e. The minimum absolute atomic E-state index is 0.263. The van der Waals surface area contributed by atoms with Gasteiger partial charge < -0.3 is 72.0 Å². The molecule has 0 atom stereocenters. The van der Waals surface area contributed by atoms with Crippen LogP contribution in [-0.4, -0.2) is 190 Å². The Balaban J connectivity index is 3.08.